The molecule has 0 aromatic rings. The molecule has 0 spiro atoms. The van der Waals surface area contributed by atoms with Crippen LogP contribution in [0.25, 0.3) is 0 Å². The Bertz CT molecular complexity index is 206. The van der Waals surface area contributed by atoms with Crippen LogP contribution < -0.4 is 5.73 Å². The number of likely N-dealkylation sites (tertiary alicyclic amines) is 1. The molecule has 0 unspecified atom stereocenters. The molecule has 1 saturated carbocycles. The van der Waals surface area contributed by atoms with Gasteiger partial charge in [0.25, 0.3) is 0 Å². The van der Waals surface area contributed by atoms with Gasteiger partial charge in [-0.05, 0) is 49.6 Å². The van der Waals surface area contributed by atoms with E-state index in [0.29, 0.717) is 10.8 Å². The Morgan fingerprint density at radius 2 is 1.93 bits per heavy atom. The summed E-state index contributed by atoms with van der Waals surface area (Å²) in [5, 5.41) is 0. The van der Waals surface area contributed by atoms with Gasteiger partial charge in [-0.15, -0.1) is 0 Å². The first kappa shape index (κ1) is 10.4. The van der Waals surface area contributed by atoms with E-state index in [-0.39, 0.29) is 0 Å². The molecular weight excluding hydrogens is 172 g/mol. The van der Waals surface area contributed by atoms with Crippen LogP contribution in [0.5, 0.6) is 0 Å². The first-order valence-electron chi connectivity index (χ1n) is 5.98. The van der Waals surface area contributed by atoms with Gasteiger partial charge in [-0.1, -0.05) is 13.8 Å². The second kappa shape index (κ2) is 3.49. The van der Waals surface area contributed by atoms with Gasteiger partial charge in [-0.2, -0.15) is 0 Å². The summed E-state index contributed by atoms with van der Waals surface area (Å²) in [6, 6.07) is 0. The highest BCUT2D eigenvalue weighted by Crippen LogP contribution is 2.49. The van der Waals surface area contributed by atoms with Crippen LogP contribution in [0.4, 0.5) is 0 Å². The molecule has 0 radical (unpaired) electrons. The Morgan fingerprint density at radius 1 is 1.21 bits per heavy atom. The molecule has 0 amide bonds. The van der Waals surface area contributed by atoms with Gasteiger partial charge < -0.3 is 10.6 Å². The summed E-state index contributed by atoms with van der Waals surface area (Å²) in [5.41, 5.74) is 6.85. The highest BCUT2D eigenvalue weighted by Gasteiger charge is 2.44. The molecule has 2 N–H and O–H groups in total. The SMILES string of the molecule is CC1(C)CCN(CC2(CCN)CC2)C1. The summed E-state index contributed by atoms with van der Waals surface area (Å²) in [5.74, 6) is 0. The monoisotopic (exact) mass is 196 g/mol. The topological polar surface area (TPSA) is 29.3 Å². The van der Waals surface area contributed by atoms with Crippen molar-refractivity contribution in [3.8, 4) is 0 Å². The summed E-state index contributed by atoms with van der Waals surface area (Å²) < 4.78 is 0. The average Bonchev–Trinajstić information content (AvgIpc) is 2.73. The van der Waals surface area contributed by atoms with Crippen molar-refractivity contribution in [3.63, 3.8) is 0 Å². The Balaban J connectivity index is 1.82. The van der Waals surface area contributed by atoms with Crippen LogP contribution in [0.1, 0.15) is 39.5 Å². The fraction of sp³-hybridized carbons (Fsp3) is 1.00. The van der Waals surface area contributed by atoms with Crippen molar-refractivity contribution in [3.05, 3.63) is 0 Å². The molecule has 2 rings (SSSR count). The lowest BCUT2D eigenvalue weighted by Gasteiger charge is -2.24. The van der Waals surface area contributed by atoms with E-state index in [2.05, 4.69) is 18.7 Å². The third-order valence-electron chi connectivity index (χ3n) is 3.95. The van der Waals surface area contributed by atoms with Crippen LogP contribution >= 0.6 is 0 Å². The van der Waals surface area contributed by atoms with Gasteiger partial charge in [-0.3, -0.25) is 0 Å². The van der Waals surface area contributed by atoms with E-state index in [4.69, 9.17) is 5.73 Å². The third kappa shape index (κ3) is 2.29. The van der Waals surface area contributed by atoms with Crippen molar-refractivity contribution in [2.45, 2.75) is 39.5 Å². The van der Waals surface area contributed by atoms with E-state index < -0.39 is 0 Å². The van der Waals surface area contributed by atoms with Crippen molar-refractivity contribution in [2.75, 3.05) is 26.2 Å². The molecule has 0 aromatic carbocycles. The first-order chi connectivity index (χ1) is 6.55. The quantitative estimate of drug-likeness (QED) is 0.743. The van der Waals surface area contributed by atoms with Gasteiger partial charge in [0.2, 0.25) is 0 Å². The molecule has 2 aliphatic rings. The Hall–Kier alpha value is -0.0800. The molecule has 2 fully saturated rings. The molecule has 2 heteroatoms. The zero-order valence-electron chi connectivity index (χ0n) is 9.68. The molecule has 1 saturated heterocycles. The minimum absolute atomic E-state index is 0.554. The lowest BCUT2D eigenvalue weighted by Crippen LogP contribution is -2.31. The second-order valence-corrected chi connectivity index (χ2v) is 6.16. The van der Waals surface area contributed by atoms with Crippen LogP contribution in [-0.4, -0.2) is 31.1 Å². The Labute approximate surface area is 87.8 Å². The van der Waals surface area contributed by atoms with Gasteiger partial charge >= 0.3 is 0 Å². The molecule has 2 nitrogen and oxygen atoms in total. The van der Waals surface area contributed by atoms with Gasteiger partial charge in [-0.25, -0.2) is 0 Å². The largest absolute Gasteiger partial charge is 0.330 e. The molecule has 82 valence electrons. The third-order valence-corrected chi connectivity index (χ3v) is 3.95. The van der Waals surface area contributed by atoms with Gasteiger partial charge in [0.1, 0.15) is 0 Å². The molecule has 1 aliphatic heterocycles. The molecular formula is C12H24N2. The second-order valence-electron chi connectivity index (χ2n) is 6.16. The van der Waals surface area contributed by atoms with Crippen molar-refractivity contribution < 1.29 is 0 Å². The number of hydrogen-bond donors (Lipinski definition) is 1. The van der Waals surface area contributed by atoms with Crippen LogP contribution in [0.2, 0.25) is 0 Å². The molecule has 14 heavy (non-hydrogen) atoms. The van der Waals surface area contributed by atoms with Crippen molar-refractivity contribution in [2.24, 2.45) is 16.6 Å². The summed E-state index contributed by atoms with van der Waals surface area (Å²) >= 11 is 0. The van der Waals surface area contributed by atoms with Crippen molar-refractivity contribution in [1.29, 1.82) is 0 Å². The van der Waals surface area contributed by atoms with E-state index in [1.807, 2.05) is 0 Å². The number of hydrogen-bond acceptors (Lipinski definition) is 2. The number of rotatable bonds is 4. The summed E-state index contributed by atoms with van der Waals surface area (Å²) in [4.78, 5) is 2.66. The predicted molar refractivity (Wildman–Crippen MR) is 60.2 cm³/mol. The highest BCUT2D eigenvalue weighted by atomic mass is 15.2. The molecule has 0 bridgehead atoms. The van der Waals surface area contributed by atoms with Crippen LogP contribution in [0, 0.1) is 10.8 Å². The van der Waals surface area contributed by atoms with Gasteiger partial charge in [0, 0.05) is 13.1 Å². The average molecular weight is 196 g/mol. The predicted octanol–water partition coefficient (Wildman–Crippen LogP) is 1.85. The van der Waals surface area contributed by atoms with E-state index in [1.165, 1.54) is 45.3 Å². The smallest absolute Gasteiger partial charge is 0.00387 e. The normalized spacial score (nSPS) is 29.4. The van der Waals surface area contributed by atoms with E-state index in [9.17, 15) is 0 Å². The minimum atomic E-state index is 0.554. The lowest BCUT2D eigenvalue weighted by molar-refractivity contribution is 0.232. The number of nitrogens with zero attached hydrogens (tertiary/aromatic N) is 1. The van der Waals surface area contributed by atoms with E-state index in [1.54, 1.807) is 0 Å². The van der Waals surface area contributed by atoms with Crippen molar-refractivity contribution >= 4 is 0 Å². The Kier molecular flexibility index (Phi) is 2.61. The lowest BCUT2D eigenvalue weighted by atomic mass is 9.93. The molecule has 0 atom stereocenters. The van der Waals surface area contributed by atoms with Crippen LogP contribution in [-0.2, 0) is 0 Å². The molecule has 1 aliphatic carbocycles. The highest BCUT2D eigenvalue weighted by molar-refractivity contribution is 4.97. The minimum Gasteiger partial charge on any atom is -0.330 e. The van der Waals surface area contributed by atoms with Crippen molar-refractivity contribution in [1.82, 2.24) is 4.90 Å². The maximum Gasteiger partial charge on any atom is 0.00387 e. The summed E-state index contributed by atoms with van der Waals surface area (Å²) in [7, 11) is 0. The van der Waals surface area contributed by atoms with E-state index >= 15 is 0 Å². The fourth-order valence-corrected chi connectivity index (χ4v) is 2.80. The summed E-state index contributed by atoms with van der Waals surface area (Å²) in [6.07, 6.45) is 5.44. The Morgan fingerprint density at radius 3 is 2.36 bits per heavy atom. The standard InChI is InChI=1S/C12H24N2/c1-11(2)6-8-14(9-11)10-12(3-4-12)5-7-13/h3-10,13H2,1-2H3. The zero-order chi connectivity index (χ0) is 10.2. The maximum absolute atomic E-state index is 5.66. The summed E-state index contributed by atoms with van der Waals surface area (Å²) in [6.45, 7) is 9.55. The van der Waals surface area contributed by atoms with Crippen LogP contribution in [0.3, 0.4) is 0 Å². The van der Waals surface area contributed by atoms with Gasteiger partial charge in [0.05, 0.1) is 0 Å². The maximum atomic E-state index is 5.66. The number of nitrogens with two attached hydrogens (primary N) is 1. The zero-order valence-corrected chi connectivity index (χ0v) is 9.68. The molecule has 1 heterocycles. The van der Waals surface area contributed by atoms with Gasteiger partial charge in [0.15, 0.2) is 0 Å². The fourth-order valence-electron chi connectivity index (χ4n) is 2.80. The van der Waals surface area contributed by atoms with Crippen LogP contribution in [0.15, 0.2) is 0 Å². The molecule has 0 aromatic heterocycles. The first-order valence-corrected chi connectivity index (χ1v) is 5.98. The van der Waals surface area contributed by atoms with E-state index in [0.717, 1.165) is 6.54 Å².